The van der Waals surface area contributed by atoms with Gasteiger partial charge in [0.2, 0.25) is 0 Å². The summed E-state index contributed by atoms with van der Waals surface area (Å²) in [5.74, 6) is 1.67. The third-order valence-electron chi connectivity index (χ3n) is 3.80. The molecule has 0 unspecified atom stereocenters. The van der Waals surface area contributed by atoms with Crippen molar-refractivity contribution in [1.82, 2.24) is 4.90 Å². The van der Waals surface area contributed by atoms with Gasteiger partial charge in [-0.3, -0.25) is 4.79 Å². The van der Waals surface area contributed by atoms with Gasteiger partial charge in [-0.05, 0) is 65.7 Å². The van der Waals surface area contributed by atoms with Crippen LogP contribution in [0.1, 0.15) is 36.0 Å². The van der Waals surface area contributed by atoms with E-state index in [1.165, 1.54) is 12.8 Å². The Morgan fingerprint density at radius 3 is 2.63 bits per heavy atom. The molecular weight excluding hydrogens is 306 g/mol. The lowest BCUT2D eigenvalue weighted by molar-refractivity contribution is 0.0734. The molecule has 2 fully saturated rings. The van der Waals surface area contributed by atoms with Gasteiger partial charge in [-0.15, -0.1) is 0 Å². The van der Waals surface area contributed by atoms with Crippen molar-refractivity contribution in [3.05, 3.63) is 28.2 Å². The lowest BCUT2D eigenvalue weighted by Gasteiger charge is -2.22. The number of rotatable bonds is 5. The van der Waals surface area contributed by atoms with Crippen LogP contribution in [-0.2, 0) is 0 Å². The van der Waals surface area contributed by atoms with Crippen LogP contribution in [0.5, 0.6) is 5.75 Å². The van der Waals surface area contributed by atoms with Crippen LogP contribution in [0.25, 0.3) is 0 Å². The quantitative estimate of drug-likeness (QED) is 0.830. The van der Waals surface area contributed by atoms with Crippen molar-refractivity contribution in [2.24, 2.45) is 5.92 Å². The van der Waals surface area contributed by atoms with E-state index in [-0.39, 0.29) is 5.91 Å². The molecule has 102 valence electrons. The molecule has 0 atom stereocenters. The maximum atomic E-state index is 12.6. The van der Waals surface area contributed by atoms with Gasteiger partial charge in [0.15, 0.2) is 0 Å². The standard InChI is InChI=1S/C15H18BrNO2/c1-19-14-7-4-11(8-13(14)16)15(18)17(12-5-6-12)9-10-2-3-10/h4,7-8,10,12H,2-3,5-6,9H2,1H3. The zero-order valence-corrected chi connectivity index (χ0v) is 12.6. The first-order chi connectivity index (χ1) is 9.19. The molecule has 3 rings (SSSR count). The summed E-state index contributed by atoms with van der Waals surface area (Å²) < 4.78 is 6.04. The Bertz CT molecular complexity index is 495. The molecule has 2 aliphatic carbocycles. The van der Waals surface area contributed by atoms with E-state index in [1.54, 1.807) is 7.11 Å². The van der Waals surface area contributed by atoms with Crippen molar-refractivity contribution >= 4 is 21.8 Å². The van der Waals surface area contributed by atoms with Gasteiger partial charge in [0, 0.05) is 18.2 Å². The van der Waals surface area contributed by atoms with E-state index in [1.807, 2.05) is 18.2 Å². The molecule has 0 radical (unpaired) electrons. The van der Waals surface area contributed by atoms with Crippen molar-refractivity contribution in [3.8, 4) is 5.75 Å². The maximum Gasteiger partial charge on any atom is 0.254 e. The molecule has 2 saturated carbocycles. The van der Waals surface area contributed by atoms with Gasteiger partial charge in [-0.25, -0.2) is 0 Å². The average molecular weight is 324 g/mol. The van der Waals surface area contributed by atoms with Crippen molar-refractivity contribution in [2.75, 3.05) is 13.7 Å². The molecule has 3 nitrogen and oxygen atoms in total. The molecule has 0 bridgehead atoms. The summed E-state index contributed by atoms with van der Waals surface area (Å²) in [6.07, 6.45) is 4.89. The molecule has 0 spiro atoms. The van der Waals surface area contributed by atoms with Gasteiger partial charge in [0.25, 0.3) is 5.91 Å². The second-order valence-corrected chi connectivity index (χ2v) is 6.34. The fourth-order valence-electron chi connectivity index (χ4n) is 2.33. The molecule has 0 aromatic heterocycles. The molecule has 2 aliphatic rings. The number of hydrogen-bond acceptors (Lipinski definition) is 2. The molecule has 0 saturated heterocycles. The second kappa shape index (κ2) is 5.16. The van der Waals surface area contributed by atoms with E-state index in [0.717, 1.165) is 41.1 Å². The third kappa shape index (κ3) is 2.94. The summed E-state index contributed by atoms with van der Waals surface area (Å²) in [4.78, 5) is 14.7. The van der Waals surface area contributed by atoms with E-state index in [9.17, 15) is 4.79 Å². The summed E-state index contributed by atoms with van der Waals surface area (Å²) in [6.45, 7) is 0.938. The Morgan fingerprint density at radius 1 is 1.37 bits per heavy atom. The van der Waals surface area contributed by atoms with Gasteiger partial charge in [-0.1, -0.05) is 0 Å². The van der Waals surface area contributed by atoms with Crippen LogP contribution in [0.3, 0.4) is 0 Å². The van der Waals surface area contributed by atoms with Crippen molar-refractivity contribution < 1.29 is 9.53 Å². The monoisotopic (exact) mass is 323 g/mol. The number of carbonyl (C=O) groups excluding carboxylic acids is 1. The summed E-state index contributed by atoms with van der Waals surface area (Å²) >= 11 is 3.44. The molecule has 0 heterocycles. The van der Waals surface area contributed by atoms with Crippen molar-refractivity contribution in [3.63, 3.8) is 0 Å². The largest absolute Gasteiger partial charge is 0.496 e. The SMILES string of the molecule is COc1ccc(C(=O)N(CC2CC2)C2CC2)cc1Br. The fourth-order valence-corrected chi connectivity index (χ4v) is 2.87. The molecule has 1 aromatic rings. The van der Waals surface area contributed by atoms with Crippen molar-refractivity contribution in [1.29, 1.82) is 0 Å². The normalized spacial score (nSPS) is 18.2. The Kier molecular flexibility index (Phi) is 3.52. The second-order valence-electron chi connectivity index (χ2n) is 5.48. The van der Waals surface area contributed by atoms with Crippen molar-refractivity contribution in [2.45, 2.75) is 31.7 Å². The maximum absolute atomic E-state index is 12.6. The van der Waals surface area contributed by atoms with E-state index in [4.69, 9.17) is 4.74 Å². The highest BCUT2D eigenvalue weighted by molar-refractivity contribution is 9.10. The van der Waals surface area contributed by atoms with Gasteiger partial charge < -0.3 is 9.64 Å². The van der Waals surface area contributed by atoms with E-state index in [2.05, 4.69) is 20.8 Å². The number of methoxy groups -OCH3 is 1. The Labute approximate surface area is 122 Å². The lowest BCUT2D eigenvalue weighted by atomic mass is 10.1. The zero-order valence-electron chi connectivity index (χ0n) is 11.1. The summed E-state index contributed by atoms with van der Waals surface area (Å²) in [5, 5.41) is 0. The van der Waals surface area contributed by atoms with Gasteiger partial charge in [0.1, 0.15) is 5.75 Å². The first kappa shape index (κ1) is 13.0. The molecule has 4 heteroatoms. The highest BCUT2D eigenvalue weighted by Gasteiger charge is 2.36. The van der Waals surface area contributed by atoms with Crippen LogP contribution >= 0.6 is 15.9 Å². The number of hydrogen-bond donors (Lipinski definition) is 0. The van der Waals surface area contributed by atoms with Crippen LogP contribution in [0.15, 0.2) is 22.7 Å². The van der Waals surface area contributed by atoms with Crippen LogP contribution < -0.4 is 4.74 Å². The van der Waals surface area contributed by atoms with E-state index >= 15 is 0 Å². The van der Waals surface area contributed by atoms with Gasteiger partial charge in [0.05, 0.1) is 11.6 Å². The molecule has 1 aromatic carbocycles. The van der Waals surface area contributed by atoms with Crippen LogP contribution in [0, 0.1) is 5.92 Å². The van der Waals surface area contributed by atoms with Gasteiger partial charge in [-0.2, -0.15) is 0 Å². The van der Waals surface area contributed by atoms with Crippen LogP contribution in [-0.4, -0.2) is 30.5 Å². The molecule has 19 heavy (non-hydrogen) atoms. The third-order valence-corrected chi connectivity index (χ3v) is 4.42. The number of ether oxygens (including phenoxy) is 1. The Balaban J connectivity index is 1.78. The zero-order chi connectivity index (χ0) is 13.4. The number of amides is 1. The minimum Gasteiger partial charge on any atom is -0.496 e. The molecular formula is C15H18BrNO2. The smallest absolute Gasteiger partial charge is 0.254 e. The topological polar surface area (TPSA) is 29.5 Å². The lowest BCUT2D eigenvalue weighted by Crippen LogP contribution is -2.34. The predicted octanol–water partition coefficient (Wildman–Crippen LogP) is 3.47. The summed E-state index contributed by atoms with van der Waals surface area (Å²) in [5.41, 5.74) is 0.750. The number of benzene rings is 1. The Hall–Kier alpha value is -1.03. The fraction of sp³-hybridized carbons (Fsp3) is 0.533. The number of halogens is 1. The molecule has 0 N–H and O–H groups in total. The van der Waals surface area contributed by atoms with E-state index in [0.29, 0.717) is 6.04 Å². The highest BCUT2D eigenvalue weighted by Crippen LogP contribution is 2.36. The Morgan fingerprint density at radius 2 is 2.11 bits per heavy atom. The van der Waals surface area contributed by atoms with Gasteiger partial charge >= 0.3 is 0 Å². The first-order valence-corrected chi connectivity index (χ1v) is 7.63. The highest BCUT2D eigenvalue weighted by atomic mass is 79.9. The number of carbonyl (C=O) groups is 1. The minimum atomic E-state index is 0.165. The van der Waals surface area contributed by atoms with E-state index < -0.39 is 0 Å². The van der Waals surface area contributed by atoms with Crippen LogP contribution in [0.2, 0.25) is 0 Å². The average Bonchev–Trinajstić information content (AvgIpc) is 3.27. The minimum absolute atomic E-state index is 0.165. The predicted molar refractivity (Wildman–Crippen MR) is 77.5 cm³/mol. The first-order valence-electron chi connectivity index (χ1n) is 6.83. The number of nitrogens with zero attached hydrogens (tertiary/aromatic N) is 1. The van der Waals surface area contributed by atoms with Crippen LogP contribution in [0.4, 0.5) is 0 Å². The summed E-state index contributed by atoms with van der Waals surface area (Å²) in [7, 11) is 1.63. The molecule has 0 aliphatic heterocycles. The summed E-state index contributed by atoms with van der Waals surface area (Å²) in [6, 6.07) is 6.05. The molecule has 1 amide bonds.